The summed E-state index contributed by atoms with van der Waals surface area (Å²) in [6.45, 7) is 7.97. The molecular formula is C10H13F3. The topological polar surface area (TPSA) is 0 Å². The van der Waals surface area contributed by atoms with E-state index in [-0.39, 0.29) is 5.57 Å². The minimum absolute atomic E-state index is 0.218. The van der Waals surface area contributed by atoms with Crippen molar-refractivity contribution in [2.75, 3.05) is 0 Å². The van der Waals surface area contributed by atoms with Gasteiger partial charge in [0.1, 0.15) is 0 Å². The number of alkyl halides is 3. The third kappa shape index (κ3) is 3.97. The van der Waals surface area contributed by atoms with Gasteiger partial charge in [-0.05, 0) is 32.4 Å². The third-order valence-corrected chi connectivity index (χ3v) is 1.55. The Kier molecular flexibility index (Phi) is 3.98. The quantitative estimate of drug-likeness (QED) is 0.577. The minimum Gasteiger partial charge on any atom is -0.166 e. The summed E-state index contributed by atoms with van der Waals surface area (Å²) in [6, 6.07) is 0. The van der Waals surface area contributed by atoms with Gasteiger partial charge >= 0.3 is 6.18 Å². The summed E-state index contributed by atoms with van der Waals surface area (Å²) < 4.78 is 37.1. The zero-order valence-corrected chi connectivity index (χ0v) is 8.00. The number of hydrogen-bond acceptors (Lipinski definition) is 0. The Bertz CT molecular complexity index is 254. The van der Waals surface area contributed by atoms with Crippen LogP contribution in [0.25, 0.3) is 0 Å². The van der Waals surface area contributed by atoms with E-state index in [0.717, 1.165) is 6.08 Å². The van der Waals surface area contributed by atoms with Crippen LogP contribution in [0.1, 0.15) is 20.8 Å². The summed E-state index contributed by atoms with van der Waals surface area (Å²) in [6.07, 6.45) is -1.81. The highest BCUT2D eigenvalue weighted by Gasteiger charge is 2.33. The van der Waals surface area contributed by atoms with E-state index in [2.05, 4.69) is 6.58 Å². The van der Waals surface area contributed by atoms with Gasteiger partial charge < -0.3 is 0 Å². The SMILES string of the molecule is C=C(C)/C=C(\C(C)=C/C)C(F)(F)F. The number of rotatable bonds is 2. The maximum Gasteiger partial charge on any atom is 0.416 e. The molecule has 0 aliphatic rings. The van der Waals surface area contributed by atoms with E-state index in [0.29, 0.717) is 5.57 Å². The molecule has 0 aliphatic carbocycles. The van der Waals surface area contributed by atoms with Crippen molar-refractivity contribution in [1.29, 1.82) is 0 Å². The van der Waals surface area contributed by atoms with Crippen LogP contribution in [-0.2, 0) is 0 Å². The molecule has 74 valence electrons. The van der Waals surface area contributed by atoms with E-state index in [1.54, 1.807) is 6.92 Å². The molecule has 0 aliphatic heterocycles. The lowest BCUT2D eigenvalue weighted by Crippen LogP contribution is -2.13. The van der Waals surface area contributed by atoms with Crippen LogP contribution in [0.4, 0.5) is 13.2 Å². The molecule has 0 bridgehead atoms. The number of halogens is 3. The highest BCUT2D eigenvalue weighted by Crippen LogP contribution is 2.31. The lowest BCUT2D eigenvalue weighted by Gasteiger charge is -2.11. The Labute approximate surface area is 76.5 Å². The van der Waals surface area contributed by atoms with Crippen molar-refractivity contribution in [3.05, 3.63) is 35.5 Å². The molecule has 0 amide bonds. The highest BCUT2D eigenvalue weighted by molar-refractivity contribution is 5.37. The molecule has 0 unspecified atom stereocenters. The van der Waals surface area contributed by atoms with Crippen molar-refractivity contribution in [2.24, 2.45) is 0 Å². The second-order valence-corrected chi connectivity index (χ2v) is 2.87. The summed E-state index contributed by atoms with van der Waals surface area (Å²) in [5, 5.41) is 0. The molecule has 3 heteroatoms. The standard InChI is InChI=1S/C10H13F3/c1-5-8(4)9(6-7(2)3)10(11,12)13/h5-6H,2H2,1,3-4H3/b8-5-,9-6+. The van der Waals surface area contributed by atoms with Gasteiger partial charge in [-0.3, -0.25) is 0 Å². The van der Waals surface area contributed by atoms with Crippen LogP contribution in [-0.4, -0.2) is 6.18 Å². The Morgan fingerprint density at radius 1 is 1.23 bits per heavy atom. The molecule has 0 saturated carbocycles. The fourth-order valence-electron chi connectivity index (χ4n) is 0.821. The van der Waals surface area contributed by atoms with Crippen LogP contribution < -0.4 is 0 Å². The van der Waals surface area contributed by atoms with E-state index in [1.807, 2.05) is 0 Å². The van der Waals surface area contributed by atoms with E-state index in [1.165, 1.54) is 19.9 Å². The summed E-state index contributed by atoms with van der Waals surface area (Å²) in [4.78, 5) is 0. The molecule has 0 aromatic heterocycles. The number of allylic oxidation sites excluding steroid dienone is 5. The van der Waals surface area contributed by atoms with Crippen molar-refractivity contribution in [3.8, 4) is 0 Å². The fourth-order valence-corrected chi connectivity index (χ4v) is 0.821. The van der Waals surface area contributed by atoms with Gasteiger partial charge in [-0.1, -0.05) is 18.2 Å². The molecule has 0 atom stereocenters. The van der Waals surface area contributed by atoms with E-state index in [9.17, 15) is 13.2 Å². The average Bonchev–Trinajstić information content (AvgIpc) is 1.96. The molecule has 0 spiro atoms. The zero-order chi connectivity index (χ0) is 10.6. The first kappa shape index (κ1) is 12.0. The maximum atomic E-state index is 12.4. The van der Waals surface area contributed by atoms with Crippen molar-refractivity contribution in [2.45, 2.75) is 26.9 Å². The molecule has 0 aromatic carbocycles. The van der Waals surface area contributed by atoms with Gasteiger partial charge in [-0.25, -0.2) is 0 Å². The fraction of sp³-hybridized carbons (Fsp3) is 0.400. The molecule has 0 saturated heterocycles. The van der Waals surface area contributed by atoms with Crippen LogP contribution in [0, 0.1) is 0 Å². The predicted molar refractivity (Wildman–Crippen MR) is 48.4 cm³/mol. The van der Waals surface area contributed by atoms with E-state index >= 15 is 0 Å². The first-order valence-electron chi connectivity index (χ1n) is 3.86. The smallest absolute Gasteiger partial charge is 0.166 e. The van der Waals surface area contributed by atoms with Gasteiger partial charge in [0.25, 0.3) is 0 Å². The zero-order valence-electron chi connectivity index (χ0n) is 8.00. The van der Waals surface area contributed by atoms with Gasteiger partial charge in [-0.2, -0.15) is 13.2 Å². The molecule has 13 heavy (non-hydrogen) atoms. The first-order chi connectivity index (χ1) is 5.79. The Morgan fingerprint density at radius 3 is 1.92 bits per heavy atom. The Hall–Kier alpha value is -0.990. The normalized spacial score (nSPS) is 14.6. The monoisotopic (exact) mass is 190 g/mol. The van der Waals surface area contributed by atoms with Crippen LogP contribution in [0.3, 0.4) is 0 Å². The summed E-state index contributed by atoms with van der Waals surface area (Å²) in [5.74, 6) is 0. The second kappa shape index (κ2) is 4.30. The van der Waals surface area contributed by atoms with Crippen LogP contribution in [0.2, 0.25) is 0 Å². The lowest BCUT2D eigenvalue weighted by atomic mass is 10.1. The first-order valence-corrected chi connectivity index (χ1v) is 3.86. The third-order valence-electron chi connectivity index (χ3n) is 1.55. The van der Waals surface area contributed by atoms with Crippen molar-refractivity contribution < 1.29 is 13.2 Å². The molecule has 0 fully saturated rings. The largest absolute Gasteiger partial charge is 0.416 e. The van der Waals surface area contributed by atoms with Crippen molar-refractivity contribution in [1.82, 2.24) is 0 Å². The second-order valence-electron chi connectivity index (χ2n) is 2.87. The molecule has 0 nitrogen and oxygen atoms in total. The van der Waals surface area contributed by atoms with Crippen molar-refractivity contribution in [3.63, 3.8) is 0 Å². The summed E-state index contributed by atoms with van der Waals surface area (Å²) >= 11 is 0. The highest BCUT2D eigenvalue weighted by atomic mass is 19.4. The van der Waals surface area contributed by atoms with Crippen LogP contribution in [0.15, 0.2) is 35.5 Å². The average molecular weight is 190 g/mol. The van der Waals surface area contributed by atoms with Crippen LogP contribution >= 0.6 is 0 Å². The summed E-state index contributed by atoms with van der Waals surface area (Å²) in [5.41, 5.74) is -0.00785. The van der Waals surface area contributed by atoms with E-state index in [4.69, 9.17) is 0 Å². The Balaban J connectivity index is 5.12. The van der Waals surface area contributed by atoms with Gasteiger partial charge in [0, 0.05) is 0 Å². The van der Waals surface area contributed by atoms with Gasteiger partial charge in [0.05, 0.1) is 5.57 Å². The molecular weight excluding hydrogens is 177 g/mol. The maximum absolute atomic E-state index is 12.4. The lowest BCUT2D eigenvalue weighted by molar-refractivity contribution is -0.0893. The molecule has 0 aromatic rings. The number of hydrogen-bond donors (Lipinski definition) is 0. The molecule has 0 rings (SSSR count). The molecule has 0 heterocycles. The van der Waals surface area contributed by atoms with Crippen LogP contribution in [0.5, 0.6) is 0 Å². The molecule has 0 N–H and O–H groups in total. The minimum atomic E-state index is -4.30. The van der Waals surface area contributed by atoms with Crippen molar-refractivity contribution >= 4 is 0 Å². The predicted octanol–water partition coefficient (Wildman–Crippen LogP) is 4.02. The van der Waals surface area contributed by atoms with E-state index < -0.39 is 11.7 Å². The summed E-state index contributed by atoms with van der Waals surface area (Å²) in [7, 11) is 0. The Morgan fingerprint density at radius 2 is 1.69 bits per heavy atom. The van der Waals surface area contributed by atoms with Gasteiger partial charge in [0.15, 0.2) is 0 Å². The van der Waals surface area contributed by atoms with Gasteiger partial charge in [0.2, 0.25) is 0 Å². The molecule has 0 radical (unpaired) electrons. The van der Waals surface area contributed by atoms with Gasteiger partial charge in [-0.15, -0.1) is 0 Å².